The van der Waals surface area contributed by atoms with Crippen molar-refractivity contribution in [1.29, 1.82) is 0 Å². The summed E-state index contributed by atoms with van der Waals surface area (Å²) in [5.74, 6) is -0.376. The molecule has 9 nitrogen and oxygen atoms in total. The van der Waals surface area contributed by atoms with Gasteiger partial charge in [0.2, 0.25) is 0 Å². The lowest BCUT2D eigenvalue weighted by molar-refractivity contribution is -0.139. The minimum Gasteiger partial charge on any atom is -0.462 e. The van der Waals surface area contributed by atoms with Crippen LogP contribution in [-0.2, 0) is 27.5 Å². The van der Waals surface area contributed by atoms with Gasteiger partial charge >= 0.3 is 21.6 Å². The van der Waals surface area contributed by atoms with Crippen LogP contribution in [0.1, 0.15) is 51.9 Å². The minimum absolute atomic E-state index is 0.120. The van der Waals surface area contributed by atoms with Gasteiger partial charge in [-0.2, -0.15) is 4.31 Å². The maximum absolute atomic E-state index is 11.1. The second-order valence-electron chi connectivity index (χ2n) is 5.27. The number of ether oxygens (including phenoxy) is 1. The first kappa shape index (κ1) is 23.5. The third-order valence-corrected chi connectivity index (χ3v) is 5.02. The number of rotatable bonds is 14. The highest BCUT2D eigenvalue weighted by Gasteiger charge is 2.31. The van der Waals surface area contributed by atoms with Gasteiger partial charge in [-0.3, -0.25) is 4.52 Å². The molecule has 11 heteroatoms. The van der Waals surface area contributed by atoms with Gasteiger partial charge in [-0.05, 0) is 19.8 Å². The van der Waals surface area contributed by atoms with Gasteiger partial charge in [0.1, 0.15) is 0 Å². The van der Waals surface area contributed by atoms with E-state index in [2.05, 4.69) is 15.4 Å². The average Bonchev–Trinajstić information content (AvgIpc) is 2.41. The monoisotopic (exact) mass is 388 g/mol. The molecule has 0 spiro atoms. The Labute approximate surface area is 141 Å². The van der Waals surface area contributed by atoms with Crippen LogP contribution in [0, 0.1) is 0 Å². The second kappa shape index (κ2) is 11.9. The fourth-order valence-electron chi connectivity index (χ4n) is 1.71. The first-order valence-corrected chi connectivity index (χ1v) is 10.6. The number of carbonyl (C=O) groups excluding carboxylic acids is 1. The molecule has 0 aliphatic rings. The predicted octanol–water partition coefficient (Wildman–Crippen LogP) is 3.06. The Morgan fingerprint density at radius 3 is 1.83 bits per heavy atom. The third kappa shape index (κ3) is 15.0. The number of esters is 1. The first-order chi connectivity index (χ1) is 11.0. The summed E-state index contributed by atoms with van der Waals surface area (Å²) in [5.41, 5.74) is 0.385. The smallest absolute Gasteiger partial charge is 0.462 e. The topological polar surface area (TPSA) is 140 Å². The predicted molar refractivity (Wildman–Crippen MR) is 87.0 cm³/mol. The highest BCUT2D eigenvalue weighted by Crippen LogP contribution is 2.57. The molecule has 0 rings (SSSR count). The van der Waals surface area contributed by atoms with Crippen molar-refractivity contribution in [2.45, 2.75) is 51.9 Å². The molecule has 1 atom stereocenters. The van der Waals surface area contributed by atoms with Crippen molar-refractivity contribution in [1.82, 2.24) is 0 Å². The summed E-state index contributed by atoms with van der Waals surface area (Å²) in [5, 5.41) is 0. The molecule has 142 valence electrons. The van der Waals surface area contributed by atoms with E-state index < -0.39 is 15.6 Å². The van der Waals surface area contributed by atoms with Crippen molar-refractivity contribution in [3.8, 4) is 0 Å². The number of phosphoric acid groups is 2. The molecule has 0 aromatic heterocycles. The maximum Gasteiger partial charge on any atom is 0.481 e. The minimum atomic E-state index is -5.05. The zero-order valence-corrected chi connectivity index (χ0v) is 15.5. The van der Waals surface area contributed by atoms with Crippen molar-refractivity contribution < 1.29 is 42.2 Å². The number of unbranched alkanes of at least 4 members (excludes halogenated alkanes) is 6. The van der Waals surface area contributed by atoms with Crippen LogP contribution in [0.3, 0.4) is 0 Å². The highest BCUT2D eigenvalue weighted by molar-refractivity contribution is 7.60. The van der Waals surface area contributed by atoms with Crippen molar-refractivity contribution in [3.05, 3.63) is 12.2 Å². The fourth-order valence-corrected chi connectivity index (χ4v) is 3.34. The SMILES string of the molecule is C=C(C)C(=O)OCCCCCCCCCOP(=O)(O)OP(=O)(O)O. The summed E-state index contributed by atoms with van der Waals surface area (Å²) in [6.45, 7) is 5.34. The Bertz CT molecular complexity index is 486. The zero-order valence-electron chi connectivity index (χ0n) is 13.8. The van der Waals surface area contributed by atoms with Gasteiger partial charge in [0.25, 0.3) is 0 Å². The van der Waals surface area contributed by atoms with Crippen molar-refractivity contribution >= 4 is 21.6 Å². The number of hydrogen-bond donors (Lipinski definition) is 3. The van der Waals surface area contributed by atoms with Crippen LogP contribution in [0.2, 0.25) is 0 Å². The molecular weight excluding hydrogens is 362 g/mol. The van der Waals surface area contributed by atoms with E-state index in [0.717, 1.165) is 38.5 Å². The van der Waals surface area contributed by atoms with Crippen LogP contribution in [0.15, 0.2) is 12.2 Å². The van der Waals surface area contributed by atoms with Gasteiger partial charge in [0.15, 0.2) is 0 Å². The molecule has 0 bridgehead atoms. The Balaban J connectivity index is 3.46. The van der Waals surface area contributed by atoms with Crippen LogP contribution in [0.5, 0.6) is 0 Å². The second-order valence-corrected chi connectivity index (χ2v) is 8.09. The van der Waals surface area contributed by atoms with Gasteiger partial charge < -0.3 is 19.4 Å². The van der Waals surface area contributed by atoms with E-state index in [1.807, 2.05) is 0 Å². The summed E-state index contributed by atoms with van der Waals surface area (Å²) in [6.07, 6.45) is 5.78. The Hall–Kier alpha value is -0.530. The van der Waals surface area contributed by atoms with Crippen LogP contribution in [0.25, 0.3) is 0 Å². The lowest BCUT2D eigenvalue weighted by Gasteiger charge is -2.12. The quantitative estimate of drug-likeness (QED) is 0.177. The molecule has 0 aromatic carbocycles. The van der Waals surface area contributed by atoms with E-state index in [1.54, 1.807) is 6.92 Å². The van der Waals surface area contributed by atoms with E-state index in [1.165, 1.54) is 0 Å². The van der Waals surface area contributed by atoms with E-state index >= 15 is 0 Å². The molecule has 0 aliphatic carbocycles. The Morgan fingerprint density at radius 2 is 1.38 bits per heavy atom. The molecular formula is C13H26O9P2. The molecule has 0 amide bonds. The molecule has 3 N–H and O–H groups in total. The van der Waals surface area contributed by atoms with E-state index in [0.29, 0.717) is 18.6 Å². The van der Waals surface area contributed by atoms with Crippen molar-refractivity contribution in [3.63, 3.8) is 0 Å². The summed E-state index contributed by atoms with van der Waals surface area (Å²) >= 11 is 0. The maximum atomic E-state index is 11.1. The van der Waals surface area contributed by atoms with E-state index in [9.17, 15) is 13.9 Å². The van der Waals surface area contributed by atoms with Gasteiger partial charge in [-0.25, -0.2) is 13.9 Å². The van der Waals surface area contributed by atoms with Gasteiger partial charge in [-0.1, -0.05) is 38.7 Å². The summed E-state index contributed by atoms with van der Waals surface area (Å²) in [4.78, 5) is 37.0. The first-order valence-electron chi connectivity index (χ1n) is 7.60. The highest BCUT2D eigenvalue weighted by atomic mass is 31.3. The number of phosphoric ester groups is 1. The number of carbonyl (C=O) groups is 1. The Morgan fingerprint density at radius 1 is 0.917 bits per heavy atom. The molecule has 0 fully saturated rings. The molecule has 0 saturated heterocycles. The molecule has 0 heterocycles. The van der Waals surface area contributed by atoms with Crippen molar-refractivity contribution in [2.75, 3.05) is 13.2 Å². The van der Waals surface area contributed by atoms with E-state index in [4.69, 9.17) is 19.4 Å². The molecule has 0 radical (unpaired) electrons. The molecule has 0 aliphatic heterocycles. The van der Waals surface area contributed by atoms with Crippen LogP contribution in [-0.4, -0.2) is 33.9 Å². The van der Waals surface area contributed by atoms with Gasteiger partial charge in [0.05, 0.1) is 13.2 Å². The van der Waals surface area contributed by atoms with Crippen molar-refractivity contribution in [2.24, 2.45) is 0 Å². The van der Waals surface area contributed by atoms with Crippen LogP contribution >= 0.6 is 15.6 Å². The molecule has 0 aromatic rings. The summed E-state index contributed by atoms with van der Waals surface area (Å²) in [6, 6.07) is 0. The van der Waals surface area contributed by atoms with Gasteiger partial charge in [0, 0.05) is 5.57 Å². The normalized spacial score (nSPS) is 14.2. The summed E-state index contributed by atoms with van der Waals surface area (Å²) in [7, 11) is -9.77. The average molecular weight is 388 g/mol. The third-order valence-electron chi connectivity index (χ3n) is 2.83. The number of hydrogen-bond acceptors (Lipinski definition) is 6. The zero-order chi connectivity index (χ0) is 18.6. The van der Waals surface area contributed by atoms with E-state index in [-0.39, 0.29) is 12.6 Å². The molecule has 1 unspecified atom stereocenters. The Kier molecular flexibility index (Phi) is 11.7. The van der Waals surface area contributed by atoms with Crippen LogP contribution < -0.4 is 0 Å². The largest absolute Gasteiger partial charge is 0.481 e. The fraction of sp³-hybridized carbons (Fsp3) is 0.769. The van der Waals surface area contributed by atoms with Crippen LogP contribution in [0.4, 0.5) is 0 Å². The molecule has 24 heavy (non-hydrogen) atoms. The lowest BCUT2D eigenvalue weighted by atomic mass is 10.1. The summed E-state index contributed by atoms with van der Waals surface area (Å²) < 4.78 is 34.6. The van der Waals surface area contributed by atoms with Gasteiger partial charge in [-0.15, -0.1) is 0 Å². The standard InChI is InChI=1S/C13H26O9P2/c1-12(2)13(14)20-10-8-6-4-3-5-7-9-11-21-24(18,19)22-23(15,16)17/h1,3-11H2,2H3,(H,18,19)(H2,15,16,17). The lowest BCUT2D eigenvalue weighted by Crippen LogP contribution is -2.05. The molecule has 0 saturated carbocycles.